The van der Waals surface area contributed by atoms with Crippen molar-refractivity contribution in [2.45, 2.75) is 12.0 Å². The molecule has 0 aromatic heterocycles. The predicted molar refractivity (Wildman–Crippen MR) is 61.0 cm³/mol. The number of methoxy groups -OCH3 is 2. The number of hydrogen-bond acceptors (Lipinski definition) is 4. The average molecular weight is 223 g/mol. The molecule has 2 N–H and O–H groups in total. The monoisotopic (exact) mass is 223 g/mol. The first-order valence-electron chi connectivity index (χ1n) is 5.31. The van der Waals surface area contributed by atoms with E-state index in [1.807, 2.05) is 6.07 Å². The summed E-state index contributed by atoms with van der Waals surface area (Å²) in [7, 11) is 3.27. The third kappa shape index (κ3) is 1.99. The molecule has 0 spiro atoms. The van der Waals surface area contributed by atoms with E-state index >= 15 is 0 Å². The number of aromatic hydroxyl groups is 1. The lowest BCUT2D eigenvalue weighted by Crippen LogP contribution is -2.61. The highest BCUT2D eigenvalue weighted by Gasteiger charge is 2.36. The molecule has 0 aliphatic carbocycles. The van der Waals surface area contributed by atoms with Gasteiger partial charge in [0.05, 0.1) is 12.7 Å². The Morgan fingerprint density at radius 1 is 1.38 bits per heavy atom. The summed E-state index contributed by atoms with van der Waals surface area (Å²) >= 11 is 0. The molecule has 0 amide bonds. The van der Waals surface area contributed by atoms with Crippen molar-refractivity contribution in [1.29, 1.82) is 0 Å². The van der Waals surface area contributed by atoms with E-state index in [2.05, 4.69) is 5.32 Å². The molecule has 0 saturated carbocycles. The number of phenols is 1. The molecule has 0 unspecified atom stereocenters. The molecule has 0 radical (unpaired) electrons. The lowest BCUT2D eigenvalue weighted by molar-refractivity contribution is -0.0502. The first kappa shape index (κ1) is 11.2. The maximum Gasteiger partial charge on any atom is 0.160 e. The molecule has 16 heavy (non-hydrogen) atoms. The van der Waals surface area contributed by atoms with Gasteiger partial charge < -0.3 is 19.9 Å². The van der Waals surface area contributed by atoms with E-state index in [0.29, 0.717) is 5.75 Å². The van der Waals surface area contributed by atoms with E-state index in [0.717, 1.165) is 25.1 Å². The van der Waals surface area contributed by atoms with Crippen LogP contribution < -0.4 is 10.1 Å². The quantitative estimate of drug-likeness (QED) is 0.797. The molecule has 1 aliphatic heterocycles. The number of phenolic OH excluding ortho intramolecular Hbond substituents is 1. The van der Waals surface area contributed by atoms with Gasteiger partial charge in [0.2, 0.25) is 0 Å². The van der Waals surface area contributed by atoms with Crippen molar-refractivity contribution >= 4 is 0 Å². The lowest BCUT2D eigenvalue weighted by atomic mass is 9.89. The predicted octanol–water partition coefficient (Wildman–Crippen LogP) is 0.932. The maximum absolute atomic E-state index is 9.67. The summed E-state index contributed by atoms with van der Waals surface area (Å²) in [4.78, 5) is 0. The van der Waals surface area contributed by atoms with Gasteiger partial charge in [-0.25, -0.2) is 0 Å². The largest absolute Gasteiger partial charge is 0.504 e. The molecule has 1 saturated heterocycles. The van der Waals surface area contributed by atoms with Crippen LogP contribution in [0.25, 0.3) is 0 Å². The first-order valence-corrected chi connectivity index (χ1v) is 5.31. The molecule has 1 aromatic carbocycles. The third-order valence-electron chi connectivity index (χ3n) is 3.10. The number of hydrogen-bond donors (Lipinski definition) is 2. The average Bonchev–Trinajstić information content (AvgIpc) is 2.24. The molecule has 2 rings (SSSR count). The number of ether oxygens (including phenoxy) is 2. The Morgan fingerprint density at radius 3 is 2.56 bits per heavy atom. The maximum atomic E-state index is 9.67. The SMILES string of the molecule is COc1ccc(CC2(OC)CNC2)cc1O. The van der Waals surface area contributed by atoms with Gasteiger partial charge in [0, 0.05) is 26.6 Å². The van der Waals surface area contributed by atoms with Crippen LogP contribution in [0.5, 0.6) is 11.5 Å². The molecule has 88 valence electrons. The minimum atomic E-state index is -0.110. The molecule has 4 heteroatoms. The fourth-order valence-electron chi connectivity index (χ4n) is 1.96. The van der Waals surface area contributed by atoms with Crippen LogP contribution in [0.4, 0.5) is 0 Å². The Morgan fingerprint density at radius 2 is 2.12 bits per heavy atom. The molecule has 1 heterocycles. The van der Waals surface area contributed by atoms with Crippen LogP contribution >= 0.6 is 0 Å². The molecule has 0 bridgehead atoms. The van der Waals surface area contributed by atoms with Crippen molar-refractivity contribution in [3.05, 3.63) is 23.8 Å². The number of benzene rings is 1. The van der Waals surface area contributed by atoms with Gasteiger partial charge in [-0.15, -0.1) is 0 Å². The normalized spacial score (nSPS) is 17.9. The van der Waals surface area contributed by atoms with Crippen LogP contribution in [0, 0.1) is 0 Å². The number of rotatable bonds is 4. The smallest absolute Gasteiger partial charge is 0.160 e. The summed E-state index contributed by atoms with van der Waals surface area (Å²) in [6.45, 7) is 1.71. The second-order valence-corrected chi connectivity index (χ2v) is 4.17. The van der Waals surface area contributed by atoms with Crippen molar-refractivity contribution in [2.75, 3.05) is 27.3 Å². The Kier molecular flexibility index (Phi) is 3.03. The second kappa shape index (κ2) is 4.31. The Balaban J connectivity index is 2.13. The van der Waals surface area contributed by atoms with Crippen molar-refractivity contribution in [2.24, 2.45) is 0 Å². The van der Waals surface area contributed by atoms with Gasteiger partial charge in [-0.1, -0.05) is 6.07 Å². The van der Waals surface area contributed by atoms with Gasteiger partial charge in [0.1, 0.15) is 0 Å². The van der Waals surface area contributed by atoms with Crippen LogP contribution in [-0.4, -0.2) is 38.0 Å². The lowest BCUT2D eigenvalue weighted by Gasteiger charge is -2.41. The van der Waals surface area contributed by atoms with Crippen molar-refractivity contribution < 1.29 is 14.6 Å². The highest BCUT2D eigenvalue weighted by molar-refractivity contribution is 5.42. The summed E-state index contributed by atoms with van der Waals surface area (Å²) < 4.78 is 10.5. The summed E-state index contributed by atoms with van der Waals surface area (Å²) in [5.74, 6) is 0.681. The van der Waals surface area contributed by atoms with Gasteiger partial charge in [0.15, 0.2) is 11.5 Å². The summed E-state index contributed by atoms with van der Waals surface area (Å²) in [6.07, 6.45) is 0.800. The molecule has 1 aromatic rings. The van der Waals surface area contributed by atoms with Crippen LogP contribution in [0.3, 0.4) is 0 Å². The molecular formula is C12H17NO3. The molecule has 4 nitrogen and oxygen atoms in total. The Bertz CT molecular complexity index is 369. The molecule has 1 aliphatic rings. The summed E-state index contributed by atoms with van der Waals surface area (Å²) in [6, 6.07) is 5.47. The molecular weight excluding hydrogens is 206 g/mol. The van der Waals surface area contributed by atoms with Crippen LogP contribution in [0.2, 0.25) is 0 Å². The fraction of sp³-hybridized carbons (Fsp3) is 0.500. The summed E-state index contributed by atoms with van der Waals surface area (Å²) in [5.41, 5.74) is 0.947. The van der Waals surface area contributed by atoms with E-state index in [9.17, 15) is 5.11 Å². The van der Waals surface area contributed by atoms with Gasteiger partial charge in [-0.3, -0.25) is 0 Å². The fourth-order valence-corrected chi connectivity index (χ4v) is 1.96. The second-order valence-electron chi connectivity index (χ2n) is 4.17. The third-order valence-corrected chi connectivity index (χ3v) is 3.10. The molecule has 0 atom stereocenters. The van der Waals surface area contributed by atoms with E-state index in [1.54, 1.807) is 26.4 Å². The van der Waals surface area contributed by atoms with Crippen molar-refractivity contribution in [3.63, 3.8) is 0 Å². The zero-order chi connectivity index (χ0) is 11.6. The van der Waals surface area contributed by atoms with Crippen LogP contribution in [-0.2, 0) is 11.2 Å². The van der Waals surface area contributed by atoms with Gasteiger partial charge >= 0.3 is 0 Å². The van der Waals surface area contributed by atoms with Crippen molar-refractivity contribution in [3.8, 4) is 11.5 Å². The zero-order valence-corrected chi connectivity index (χ0v) is 9.62. The zero-order valence-electron chi connectivity index (χ0n) is 9.62. The van der Waals surface area contributed by atoms with Gasteiger partial charge in [0.25, 0.3) is 0 Å². The first-order chi connectivity index (χ1) is 7.69. The van der Waals surface area contributed by atoms with Gasteiger partial charge in [-0.05, 0) is 17.7 Å². The van der Waals surface area contributed by atoms with E-state index in [4.69, 9.17) is 9.47 Å². The minimum Gasteiger partial charge on any atom is -0.504 e. The highest BCUT2D eigenvalue weighted by atomic mass is 16.5. The molecule has 1 fully saturated rings. The standard InChI is InChI=1S/C12H17NO3/c1-15-11-4-3-9(5-10(11)14)6-12(16-2)7-13-8-12/h3-5,13-14H,6-8H2,1-2H3. The van der Waals surface area contributed by atoms with Crippen LogP contribution in [0.15, 0.2) is 18.2 Å². The van der Waals surface area contributed by atoms with Crippen molar-refractivity contribution in [1.82, 2.24) is 5.32 Å². The van der Waals surface area contributed by atoms with E-state index in [1.165, 1.54) is 0 Å². The van der Waals surface area contributed by atoms with Crippen LogP contribution in [0.1, 0.15) is 5.56 Å². The topological polar surface area (TPSA) is 50.7 Å². The Hall–Kier alpha value is -1.26. The Labute approximate surface area is 95.2 Å². The van der Waals surface area contributed by atoms with E-state index in [-0.39, 0.29) is 11.4 Å². The number of nitrogens with one attached hydrogen (secondary N) is 1. The van der Waals surface area contributed by atoms with E-state index < -0.39 is 0 Å². The summed E-state index contributed by atoms with van der Waals surface area (Å²) in [5, 5.41) is 12.9. The minimum absolute atomic E-state index is 0.110. The van der Waals surface area contributed by atoms with Gasteiger partial charge in [-0.2, -0.15) is 0 Å². The highest BCUT2D eigenvalue weighted by Crippen LogP contribution is 2.29.